The molecule has 0 aliphatic heterocycles. The summed E-state index contributed by atoms with van der Waals surface area (Å²) in [5.74, 6) is 0.206. The van der Waals surface area contributed by atoms with E-state index in [-0.39, 0.29) is 29.2 Å². The van der Waals surface area contributed by atoms with Crippen molar-refractivity contribution in [3.8, 4) is 0 Å². The van der Waals surface area contributed by atoms with Crippen molar-refractivity contribution in [2.24, 2.45) is 5.41 Å². The van der Waals surface area contributed by atoms with E-state index in [0.717, 1.165) is 0 Å². The summed E-state index contributed by atoms with van der Waals surface area (Å²) in [5, 5.41) is 6.05. The molecule has 0 aromatic carbocycles. The second kappa shape index (κ2) is 7.86. The average molecular weight is 278 g/mol. The summed E-state index contributed by atoms with van der Waals surface area (Å²) in [4.78, 5) is 12.0. The molecule has 108 valence electrons. The molecule has 0 aliphatic carbocycles. The minimum Gasteiger partial charge on any atom is -0.353 e. The van der Waals surface area contributed by atoms with E-state index in [1.165, 1.54) is 0 Å². The molecule has 0 saturated carbocycles. The van der Waals surface area contributed by atoms with Crippen LogP contribution in [0, 0.1) is 5.41 Å². The van der Waals surface area contributed by atoms with E-state index in [4.69, 9.17) is 4.55 Å². The van der Waals surface area contributed by atoms with Crippen LogP contribution in [-0.2, 0) is 15.9 Å². The Morgan fingerprint density at radius 3 is 2.28 bits per heavy atom. The summed E-state index contributed by atoms with van der Waals surface area (Å²) in [6, 6.07) is -0.193. The van der Waals surface area contributed by atoms with Gasteiger partial charge in [0.15, 0.2) is 11.1 Å². The number of hydrogen-bond acceptors (Lipinski definition) is 3. The fourth-order valence-electron chi connectivity index (χ4n) is 1.60. The summed E-state index contributed by atoms with van der Waals surface area (Å²) in [7, 11) is 0. The van der Waals surface area contributed by atoms with E-state index >= 15 is 0 Å². The molecular formula is C12H26N2O3S. The second-order valence-corrected chi connectivity index (χ2v) is 6.85. The van der Waals surface area contributed by atoms with Crippen LogP contribution in [0.5, 0.6) is 0 Å². The maximum atomic E-state index is 12.0. The third kappa shape index (κ3) is 7.79. The molecule has 6 heteroatoms. The van der Waals surface area contributed by atoms with Crippen molar-refractivity contribution >= 4 is 17.0 Å². The molecule has 0 heterocycles. The van der Waals surface area contributed by atoms with Crippen LogP contribution in [0.15, 0.2) is 0 Å². The van der Waals surface area contributed by atoms with E-state index in [0.29, 0.717) is 13.0 Å². The summed E-state index contributed by atoms with van der Waals surface area (Å²) in [6.45, 7) is 10.4. The quantitative estimate of drug-likeness (QED) is 0.482. The Balaban J connectivity index is 4.33. The van der Waals surface area contributed by atoms with Gasteiger partial charge in [0, 0.05) is 6.04 Å². The fraction of sp³-hybridized carbons (Fsp3) is 0.917. The number of nitrogens with one attached hydrogen (secondary N) is 2. The number of amides is 1. The van der Waals surface area contributed by atoms with E-state index in [9.17, 15) is 9.00 Å². The number of hydrogen-bond donors (Lipinski definition) is 3. The van der Waals surface area contributed by atoms with E-state index in [1.54, 1.807) is 0 Å². The first kappa shape index (κ1) is 17.5. The van der Waals surface area contributed by atoms with Gasteiger partial charge in [0.05, 0.1) is 11.8 Å². The molecule has 0 rings (SSSR count). The van der Waals surface area contributed by atoms with Crippen LogP contribution in [0.3, 0.4) is 0 Å². The van der Waals surface area contributed by atoms with Crippen LogP contribution in [0.25, 0.3) is 0 Å². The molecule has 5 nitrogen and oxygen atoms in total. The number of carbonyl (C=O) groups is 1. The predicted octanol–water partition coefficient (Wildman–Crippen LogP) is 1.13. The zero-order chi connectivity index (χ0) is 14.3. The lowest BCUT2D eigenvalue weighted by Crippen LogP contribution is -2.53. The zero-order valence-electron chi connectivity index (χ0n) is 11.9. The molecule has 18 heavy (non-hydrogen) atoms. The van der Waals surface area contributed by atoms with Gasteiger partial charge in [-0.15, -0.1) is 0 Å². The summed E-state index contributed by atoms with van der Waals surface area (Å²) < 4.78 is 19.2. The van der Waals surface area contributed by atoms with Crippen LogP contribution in [0.4, 0.5) is 0 Å². The van der Waals surface area contributed by atoms with Gasteiger partial charge < -0.3 is 15.2 Å². The predicted molar refractivity (Wildman–Crippen MR) is 74.8 cm³/mol. The van der Waals surface area contributed by atoms with Gasteiger partial charge in [-0.3, -0.25) is 4.79 Å². The molecule has 0 bridgehead atoms. The molecule has 0 radical (unpaired) electrons. The smallest absolute Gasteiger partial charge is 0.237 e. The van der Waals surface area contributed by atoms with E-state index < -0.39 is 11.1 Å². The second-order valence-electron chi connectivity index (χ2n) is 5.80. The minimum absolute atomic E-state index is 0.0254. The molecule has 0 fully saturated rings. The molecule has 0 aliphatic rings. The third-order valence-corrected chi connectivity index (χ3v) is 3.04. The maximum Gasteiger partial charge on any atom is 0.237 e. The van der Waals surface area contributed by atoms with Crippen LogP contribution in [0.2, 0.25) is 0 Å². The Bertz CT molecular complexity index is 288. The Kier molecular flexibility index (Phi) is 7.66. The highest BCUT2D eigenvalue weighted by Crippen LogP contribution is 2.19. The van der Waals surface area contributed by atoms with Gasteiger partial charge in [0.25, 0.3) is 0 Å². The molecule has 0 aromatic rings. The van der Waals surface area contributed by atoms with Gasteiger partial charge in [-0.05, 0) is 32.2 Å². The summed E-state index contributed by atoms with van der Waals surface area (Å²) in [6.07, 6.45) is 0.574. The van der Waals surface area contributed by atoms with Gasteiger partial charge in [0.2, 0.25) is 5.91 Å². The fourth-order valence-corrected chi connectivity index (χ4v) is 1.99. The molecule has 0 spiro atoms. The van der Waals surface area contributed by atoms with Crippen LogP contribution < -0.4 is 10.6 Å². The van der Waals surface area contributed by atoms with Crippen molar-refractivity contribution in [1.82, 2.24) is 10.6 Å². The molecular weight excluding hydrogens is 252 g/mol. The van der Waals surface area contributed by atoms with Gasteiger partial charge in [-0.2, -0.15) is 0 Å². The highest BCUT2D eigenvalue weighted by atomic mass is 32.2. The lowest BCUT2D eigenvalue weighted by molar-refractivity contribution is -0.126. The van der Waals surface area contributed by atoms with Crippen LogP contribution in [-0.4, -0.2) is 39.1 Å². The van der Waals surface area contributed by atoms with E-state index in [2.05, 4.69) is 10.6 Å². The van der Waals surface area contributed by atoms with Crippen molar-refractivity contribution in [2.75, 3.05) is 12.3 Å². The van der Waals surface area contributed by atoms with Crippen molar-refractivity contribution in [2.45, 2.75) is 53.1 Å². The molecule has 2 atom stereocenters. The van der Waals surface area contributed by atoms with Crippen molar-refractivity contribution < 1.29 is 13.6 Å². The largest absolute Gasteiger partial charge is 0.353 e. The highest BCUT2D eigenvalue weighted by Gasteiger charge is 2.30. The van der Waals surface area contributed by atoms with Gasteiger partial charge >= 0.3 is 0 Å². The standard InChI is InChI=1S/C12H26N2O3S/c1-9(2)14-11(15)10(12(3,4)5)13-7-6-8-18(16)17/h9-10,13H,6-8H2,1-5H3,(H,14,15)(H,16,17). The zero-order valence-corrected chi connectivity index (χ0v) is 12.8. The first-order chi connectivity index (χ1) is 8.14. The monoisotopic (exact) mass is 278 g/mol. The SMILES string of the molecule is CC(C)NC(=O)C(NCCCS(=O)O)C(C)(C)C. The number of rotatable bonds is 7. The van der Waals surface area contributed by atoms with Crippen LogP contribution >= 0.6 is 0 Å². The lowest BCUT2D eigenvalue weighted by atomic mass is 9.86. The van der Waals surface area contributed by atoms with Crippen molar-refractivity contribution in [1.29, 1.82) is 0 Å². The van der Waals surface area contributed by atoms with Crippen molar-refractivity contribution in [3.63, 3.8) is 0 Å². The molecule has 0 aromatic heterocycles. The molecule has 0 saturated heterocycles. The summed E-state index contributed by atoms with van der Waals surface area (Å²) >= 11 is -1.76. The normalized spacial score (nSPS) is 15.5. The van der Waals surface area contributed by atoms with Gasteiger partial charge in [-0.1, -0.05) is 20.8 Å². The topological polar surface area (TPSA) is 78.4 Å². The van der Waals surface area contributed by atoms with Crippen LogP contribution in [0.1, 0.15) is 41.0 Å². The Morgan fingerprint density at radius 2 is 1.89 bits per heavy atom. The first-order valence-electron chi connectivity index (χ1n) is 6.25. The molecule has 3 N–H and O–H groups in total. The van der Waals surface area contributed by atoms with E-state index in [1.807, 2.05) is 34.6 Å². The summed E-state index contributed by atoms with van der Waals surface area (Å²) in [5.41, 5.74) is -0.197. The Hall–Kier alpha value is -0.460. The maximum absolute atomic E-state index is 12.0. The Labute approximate surface area is 112 Å². The third-order valence-electron chi connectivity index (χ3n) is 2.40. The average Bonchev–Trinajstić information content (AvgIpc) is 2.13. The molecule has 2 unspecified atom stereocenters. The highest BCUT2D eigenvalue weighted by molar-refractivity contribution is 7.79. The van der Waals surface area contributed by atoms with Crippen molar-refractivity contribution in [3.05, 3.63) is 0 Å². The van der Waals surface area contributed by atoms with Gasteiger partial charge in [-0.25, -0.2) is 4.21 Å². The lowest BCUT2D eigenvalue weighted by Gasteiger charge is -2.31. The Morgan fingerprint density at radius 1 is 1.33 bits per heavy atom. The van der Waals surface area contributed by atoms with Gasteiger partial charge in [0.1, 0.15) is 0 Å². The first-order valence-corrected chi connectivity index (χ1v) is 7.53. The molecule has 1 amide bonds. The minimum atomic E-state index is -1.76. The number of carbonyl (C=O) groups excluding carboxylic acids is 1.